The molecular formula is C24H51MoO7P3S7. The topological polar surface area (TPSA) is 114 Å². The van der Waals surface area contributed by atoms with E-state index in [1.807, 2.05) is 0 Å². The maximum atomic E-state index is 10.8. The quantitative estimate of drug-likeness (QED) is 0.0424. The molecule has 0 spiro atoms. The predicted molar refractivity (Wildman–Crippen MR) is 191 cm³/mol. The molecule has 0 aliphatic heterocycles. The Morgan fingerprint density at radius 2 is 0.619 bits per heavy atom. The van der Waals surface area contributed by atoms with E-state index in [0.717, 1.165) is 38.5 Å². The molecule has 3 unspecified atom stereocenters. The Morgan fingerprint density at radius 3 is 0.786 bits per heavy atom. The summed E-state index contributed by atoms with van der Waals surface area (Å²) in [6.45, 7) is 7.93. The van der Waals surface area contributed by atoms with Crippen LogP contribution in [0, 0.1) is 0 Å². The average Bonchev–Trinajstić information content (AvgIpc) is 2.87. The van der Waals surface area contributed by atoms with Gasteiger partial charge in [0, 0.05) is 19.8 Å². The molecule has 0 aromatic carbocycles. The Kier molecular flexibility index (Phi) is 53.1. The van der Waals surface area contributed by atoms with Crippen LogP contribution in [0.3, 0.4) is 0 Å². The zero-order valence-electron chi connectivity index (χ0n) is 25.3. The first-order valence-corrected chi connectivity index (χ1v) is 25.6. The van der Waals surface area contributed by atoms with Gasteiger partial charge in [-0.2, -0.15) is 4.21 Å². The molecule has 0 aromatic rings. The number of unbranched alkanes of at least 4 members (excludes halogenated alkanes) is 15. The van der Waals surface area contributed by atoms with Gasteiger partial charge in [-0.05, 0) is 19.3 Å². The molecule has 0 radical (unpaired) electrons. The van der Waals surface area contributed by atoms with E-state index in [1.54, 1.807) is 0 Å². The van der Waals surface area contributed by atoms with Gasteiger partial charge in [-0.25, -0.2) is 0 Å². The van der Waals surface area contributed by atoms with Gasteiger partial charge in [-0.1, -0.05) is 117 Å². The van der Waals surface area contributed by atoms with E-state index >= 15 is 0 Å². The van der Waals surface area contributed by atoms with Crippen molar-refractivity contribution >= 4 is 102 Å². The van der Waals surface area contributed by atoms with Crippen molar-refractivity contribution < 1.29 is 53.5 Å². The van der Waals surface area contributed by atoms with E-state index in [4.69, 9.17) is 17.8 Å². The molecule has 252 valence electrons. The van der Waals surface area contributed by atoms with Gasteiger partial charge in [0.15, 0.2) is 12.5 Å². The third-order valence-corrected chi connectivity index (χ3v) is 8.64. The molecule has 0 saturated carbocycles. The fourth-order valence-corrected chi connectivity index (χ4v) is 5.58. The summed E-state index contributed by atoms with van der Waals surface area (Å²) >= 11 is 29.5. The minimum Gasteiger partial charge on any atom is -0.819 e. The normalized spacial score (nSPS) is 14.6. The van der Waals surface area contributed by atoms with Crippen molar-refractivity contribution in [3.63, 3.8) is 0 Å². The summed E-state index contributed by atoms with van der Waals surface area (Å²) in [5, 5.41) is 0. The zero-order valence-corrected chi connectivity index (χ0v) is 35.7. The second kappa shape index (κ2) is 40.6. The van der Waals surface area contributed by atoms with Gasteiger partial charge >= 0.3 is 21.1 Å². The van der Waals surface area contributed by atoms with Crippen molar-refractivity contribution in [3.05, 3.63) is 0 Å². The van der Waals surface area contributed by atoms with Gasteiger partial charge in [0.2, 0.25) is 0 Å². The number of rotatable bonds is 24. The molecule has 0 fully saturated rings. The minimum absolute atomic E-state index is 0. The van der Waals surface area contributed by atoms with Crippen LogP contribution in [-0.2, 0) is 119 Å². The molecule has 0 rings (SSSR count). The Balaban J connectivity index is -0.000000156. The first kappa shape index (κ1) is 54.9. The maximum absolute atomic E-state index is 10.8. The number of hydrogen-bond acceptors (Lipinski definition) is 14. The van der Waals surface area contributed by atoms with Gasteiger partial charge < -0.3 is 65.0 Å². The summed E-state index contributed by atoms with van der Waals surface area (Å²) in [4.78, 5) is 32.3. The Bertz CT molecular complexity index is 587. The summed E-state index contributed by atoms with van der Waals surface area (Å²) in [6, 6.07) is 0. The molecular weight excluding hydrogens is 814 g/mol. The largest absolute Gasteiger partial charge is 6.00 e. The van der Waals surface area contributed by atoms with Crippen molar-refractivity contribution in [1.82, 2.24) is 0 Å². The van der Waals surface area contributed by atoms with Crippen LogP contribution >= 0.6 is 17.1 Å². The van der Waals surface area contributed by atoms with E-state index in [0.29, 0.717) is 19.8 Å². The predicted octanol–water partition coefficient (Wildman–Crippen LogP) is 7.15. The molecule has 0 heterocycles. The third kappa shape index (κ3) is 70.0. The summed E-state index contributed by atoms with van der Waals surface area (Å²) in [6.07, 6.45) is 21.2. The first-order chi connectivity index (χ1) is 19.2. The molecule has 0 saturated heterocycles. The van der Waals surface area contributed by atoms with Gasteiger partial charge in [-0.15, -0.1) is 52.5 Å². The summed E-state index contributed by atoms with van der Waals surface area (Å²) in [5.74, 6) is 0. The van der Waals surface area contributed by atoms with Gasteiger partial charge in [0.1, 0.15) is 0 Å². The molecule has 7 nitrogen and oxygen atoms in total. The third-order valence-electron chi connectivity index (χ3n) is 5.24. The molecule has 0 aliphatic rings. The molecule has 0 N–H and O–H groups in total. The van der Waals surface area contributed by atoms with Crippen molar-refractivity contribution in [2.24, 2.45) is 0 Å². The van der Waals surface area contributed by atoms with Crippen LogP contribution < -0.4 is 14.7 Å². The van der Waals surface area contributed by atoms with Crippen LogP contribution in [0.4, 0.5) is 0 Å². The SMILES string of the molecule is CCCCCCCCOP([O-])(=S)[S-].CCCCCCCCOP([O-])(=S)[S-].CCCCCCCCOP([O-])(=S)[S-].O=S.[Mo+6]. The molecule has 42 heavy (non-hydrogen) atoms. The van der Waals surface area contributed by atoms with E-state index in [9.17, 15) is 14.7 Å². The zero-order chi connectivity index (χ0) is 32.5. The molecule has 0 aliphatic carbocycles. The second-order valence-electron chi connectivity index (χ2n) is 9.14. The van der Waals surface area contributed by atoms with Gasteiger partial charge in [0.05, 0.1) is 0 Å². The minimum atomic E-state index is -3.06. The Hall–Kier alpha value is 3.47. The molecule has 0 amide bonds. The van der Waals surface area contributed by atoms with Crippen molar-refractivity contribution in [1.29, 1.82) is 0 Å². The van der Waals surface area contributed by atoms with Crippen LogP contribution in [0.2, 0.25) is 0 Å². The number of hydrogen-bond donors (Lipinski definition) is 0. The van der Waals surface area contributed by atoms with E-state index in [-0.39, 0.29) is 21.1 Å². The van der Waals surface area contributed by atoms with E-state index < -0.39 is 17.1 Å². The van der Waals surface area contributed by atoms with Crippen molar-refractivity contribution in [2.75, 3.05) is 19.8 Å². The van der Waals surface area contributed by atoms with Crippen LogP contribution in [-0.4, -0.2) is 24.0 Å². The molecule has 18 heteroatoms. The van der Waals surface area contributed by atoms with Crippen LogP contribution in [0.1, 0.15) is 136 Å². The van der Waals surface area contributed by atoms with E-state index in [1.165, 1.54) is 77.0 Å². The summed E-state index contributed by atoms with van der Waals surface area (Å²) in [7, 11) is 0. The Morgan fingerprint density at radius 1 is 0.452 bits per heavy atom. The van der Waals surface area contributed by atoms with Crippen LogP contribution in [0.5, 0.6) is 0 Å². The fraction of sp³-hybridized carbons (Fsp3) is 1.00. The standard InChI is InChI=1S/3C8H19O2PS2.Mo.OS/c3*1-2-3-4-5-6-7-8-10-11(9,12)13;;1-2/h3*2-8H2,1H3,(H2,9,12,13);;/q;;;+6;/p-6. The fourth-order valence-electron chi connectivity index (χ4n) is 3.18. The summed E-state index contributed by atoms with van der Waals surface area (Å²) < 4.78 is 22.3. The van der Waals surface area contributed by atoms with Crippen LogP contribution in [0.15, 0.2) is 0 Å². The Labute approximate surface area is 308 Å². The monoisotopic (exact) mass is 866 g/mol. The summed E-state index contributed by atoms with van der Waals surface area (Å²) in [5.41, 5.74) is -9.18. The van der Waals surface area contributed by atoms with Crippen molar-refractivity contribution in [2.45, 2.75) is 136 Å². The molecule has 0 aromatic heterocycles. The van der Waals surface area contributed by atoms with Gasteiger partial charge in [0.25, 0.3) is 0 Å². The molecule has 3 atom stereocenters. The van der Waals surface area contributed by atoms with Gasteiger partial charge in [-0.3, -0.25) is 0 Å². The molecule has 0 bridgehead atoms. The first-order valence-electron chi connectivity index (χ1n) is 14.3. The maximum Gasteiger partial charge on any atom is 6.00 e. The van der Waals surface area contributed by atoms with Crippen LogP contribution in [0.25, 0.3) is 0 Å². The average molecular weight is 865 g/mol. The second-order valence-corrected chi connectivity index (χ2v) is 23.3. The van der Waals surface area contributed by atoms with E-state index in [2.05, 4.69) is 105 Å². The van der Waals surface area contributed by atoms with Crippen molar-refractivity contribution in [3.8, 4) is 0 Å². The smallest absolute Gasteiger partial charge is 0.819 e.